The molecule has 2 atom stereocenters. The summed E-state index contributed by atoms with van der Waals surface area (Å²) in [7, 11) is 0. The van der Waals surface area contributed by atoms with Crippen LogP contribution in [0.15, 0.2) is 48.8 Å². The number of amides is 1. The van der Waals surface area contributed by atoms with Gasteiger partial charge in [-0.3, -0.25) is 4.79 Å². The number of hydrogen-bond donors (Lipinski definition) is 3. The predicted octanol–water partition coefficient (Wildman–Crippen LogP) is 1.89. The van der Waals surface area contributed by atoms with E-state index in [1.165, 1.54) is 0 Å². The first-order chi connectivity index (χ1) is 10.2. The van der Waals surface area contributed by atoms with E-state index in [9.17, 15) is 9.90 Å². The van der Waals surface area contributed by atoms with E-state index in [4.69, 9.17) is 0 Å². The van der Waals surface area contributed by atoms with Crippen molar-refractivity contribution in [1.29, 1.82) is 0 Å². The van der Waals surface area contributed by atoms with Crippen LogP contribution in [0, 0.1) is 0 Å². The molecule has 3 rings (SSSR count). The first-order valence-corrected chi connectivity index (χ1v) is 6.98. The van der Waals surface area contributed by atoms with Crippen molar-refractivity contribution in [3.8, 4) is 11.4 Å². The molecule has 0 saturated carbocycles. The number of nitrogens with zero attached hydrogens (tertiary/aromatic N) is 1. The van der Waals surface area contributed by atoms with E-state index in [1.807, 2.05) is 24.3 Å². The molecular weight excluding hydrogens is 266 g/mol. The first-order valence-electron chi connectivity index (χ1n) is 6.98. The maximum atomic E-state index is 12.2. The normalized spacial score (nSPS) is 21.2. The van der Waals surface area contributed by atoms with Crippen LogP contribution in [0.3, 0.4) is 0 Å². The minimum atomic E-state index is -0.513. The Balaban J connectivity index is 1.69. The van der Waals surface area contributed by atoms with Crippen LogP contribution < -0.4 is 5.32 Å². The average molecular weight is 283 g/mol. The third-order valence-electron chi connectivity index (χ3n) is 3.63. The summed E-state index contributed by atoms with van der Waals surface area (Å²) in [6, 6.07) is 7.01. The van der Waals surface area contributed by atoms with Crippen LogP contribution >= 0.6 is 0 Å². The highest BCUT2D eigenvalue weighted by Gasteiger charge is 2.22. The Morgan fingerprint density at radius 3 is 2.67 bits per heavy atom. The minimum absolute atomic E-state index is 0.166. The van der Waals surface area contributed by atoms with E-state index in [0.717, 1.165) is 11.4 Å². The molecule has 5 heteroatoms. The Labute approximate surface area is 122 Å². The smallest absolute Gasteiger partial charge is 0.251 e. The molecule has 0 radical (unpaired) electrons. The summed E-state index contributed by atoms with van der Waals surface area (Å²) in [5, 5.41) is 12.7. The van der Waals surface area contributed by atoms with Crippen LogP contribution in [0.25, 0.3) is 11.4 Å². The summed E-state index contributed by atoms with van der Waals surface area (Å²) in [5.41, 5.74) is 1.50. The van der Waals surface area contributed by atoms with Gasteiger partial charge in [-0.25, -0.2) is 4.98 Å². The lowest BCUT2D eigenvalue weighted by molar-refractivity contribution is 0.0829. The number of rotatable bonds is 3. The zero-order valence-corrected chi connectivity index (χ0v) is 11.5. The van der Waals surface area contributed by atoms with Crippen LogP contribution in [-0.4, -0.2) is 33.1 Å². The molecule has 2 aromatic rings. The monoisotopic (exact) mass is 283 g/mol. The number of aliphatic hydroxyl groups excluding tert-OH is 1. The quantitative estimate of drug-likeness (QED) is 0.753. The maximum Gasteiger partial charge on any atom is 0.251 e. The van der Waals surface area contributed by atoms with Crippen molar-refractivity contribution in [2.45, 2.75) is 25.0 Å². The van der Waals surface area contributed by atoms with Crippen LogP contribution in [0.1, 0.15) is 23.2 Å². The molecule has 21 heavy (non-hydrogen) atoms. The number of nitrogens with one attached hydrogen (secondary N) is 2. The van der Waals surface area contributed by atoms with Gasteiger partial charge in [-0.1, -0.05) is 24.3 Å². The van der Waals surface area contributed by atoms with Crippen LogP contribution in [0.2, 0.25) is 0 Å². The number of benzene rings is 1. The van der Waals surface area contributed by atoms with Gasteiger partial charge in [0.25, 0.3) is 5.91 Å². The van der Waals surface area contributed by atoms with Crippen LogP contribution in [0.4, 0.5) is 0 Å². The van der Waals surface area contributed by atoms with Crippen molar-refractivity contribution in [2.75, 3.05) is 0 Å². The second-order valence-electron chi connectivity index (χ2n) is 5.11. The average Bonchev–Trinajstić information content (AvgIpc) is 3.04. The van der Waals surface area contributed by atoms with Gasteiger partial charge in [0.05, 0.1) is 12.1 Å². The maximum absolute atomic E-state index is 12.2. The van der Waals surface area contributed by atoms with Crippen LogP contribution in [-0.2, 0) is 0 Å². The summed E-state index contributed by atoms with van der Waals surface area (Å²) < 4.78 is 0. The molecular formula is C16H17N3O2. The zero-order valence-electron chi connectivity index (χ0n) is 11.5. The molecule has 1 aliphatic carbocycles. The first kappa shape index (κ1) is 13.6. The van der Waals surface area contributed by atoms with E-state index >= 15 is 0 Å². The number of carbonyl (C=O) groups excluding carboxylic acids is 1. The van der Waals surface area contributed by atoms with Gasteiger partial charge in [0.1, 0.15) is 5.82 Å². The van der Waals surface area contributed by atoms with Gasteiger partial charge in [0, 0.05) is 23.5 Å². The van der Waals surface area contributed by atoms with Crippen molar-refractivity contribution >= 4 is 5.91 Å². The fourth-order valence-electron chi connectivity index (χ4n) is 2.41. The van der Waals surface area contributed by atoms with E-state index in [-0.39, 0.29) is 11.9 Å². The zero-order chi connectivity index (χ0) is 14.7. The molecule has 1 aromatic carbocycles. The van der Waals surface area contributed by atoms with E-state index in [0.29, 0.717) is 18.4 Å². The molecule has 0 aliphatic heterocycles. The summed E-state index contributed by atoms with van der Waals surface area (Å²) in [6.07, 6.45) is 8.10. The number of carbonyl (C=O) groups is 1. The molecule has 1 aliphatic rings. The standard InChI is InChI=1S/C16H17N3O2/c20-14-4-2-1-3-13(14)19-16(21)12-7-5-11(6-8-12)15-17-9-10-18-15/h1-2,5-10,13-14,20H,3-4H2,(H,17,18)(H,19,21)/t13?,14-/m1/s1. The molecule has 108 valence electrons. The van der Waals surface area contributed by atoms with Crippen molar-refractivity contribution < 1.29 is 9.90 Å². The number of H-pyrrole nitrogens is 1. The molecule has 0 fully saturated rings. The summed E-state index contributed by atoms with van der Waals surface area (Å²) in [5.74, 6) is 0.607. The largest absolute Gasteiger partial charge is 0.391 e. The van der Waals surface area contributed by atoms with Crippen molar-refractivity contribution in [3.05, 3.63) is 54.4 Å². The van der Waals surface area contributed by atoms with Gasteiger partial charge in [0.2, 0.25) is 0 Å². The highest BCUT2D eigenvalue weighted by Crippen LogP contribution is 2.16. The number of hydrogen-bond acceptors (Lipinski definition) is 3. The molecule has 1 amide bonds. The lowest BCUT2D eigenvalue weighted by Crippen LogP contribution is -2.43. The number of aromatic nitrogens is 2. The summed E-state index contributed by atoms with van der Waals surface area (Å²) >= 11 is 0. The Morgan fingerprint density at radius 2 is 2.00 bits per heavy atom. The highest BCUT2D eigenvalue weighted by atomic mass is 16.3. The fraction of sp³-hybridized carbons (Fsp3) is 0.250. The Morgan fingerprint density at radius 1 is 1.24 bits per heavy atom. The SMILES string of the molecule is O=C(NC1CC=CC[C@H]1O)c1ccc(-c2ncc[nH]2)cc1. The minimum Gasteiger partial charge on any atom is -0.391 e. The molecule has 0 saturated heterocycles. The van der Waals surface area contributed by atoms with Gasteiger partial charge < -0.3 is 15.4 Å². The number of aromatic amines is 1. The van der Waals surface area contributed by atoms with Gasteiger partial charge in [-0.15, -0.1) is 0 Å². The van der Waals surface area contributed by atoms with E-state index in [1.54, 1.807) is 24.5 Å². The fourth-order valence-corrected chi connectivity index (χ4v) is 2.41. The second kappa shape index (κ2) is 5.93. The molecule has 3 N–H and O–H groups in total. The van der Waals surface area contributed by atoms with Crippen molar-refractivity contribution in [1.82, 2.24) is 15.3 Å². The molecule has 1 unspecified atom stereocenters. The topological polar surface area (TPSA) is 78.0 Å². The number of aliphatic hydroxyl groups is 1. The molecule has 1 heterocycles. The summed E-state index contributed by atoms with van der Waals surface area (Å²) in [6.45, 7) is 0. The number of imidazole rings is 1. The predicted molar refractivity (Wildman–Crippen MR) is 79.7 cm³/mol. The van der Waals surface area contributed by atoms with Gasteiger partial charge in [-0.05, 0) is 25.0 Å². The molecule has 0 bridgehead atoms. The van der Waals surface area contributed by atoms with Crippen molar-refractivity contribution in [2.24, 2.45) is 0 Å². The van der Waals surface area contributed by atoms with E-state index < -0.39 is 6.10 Å². The molecule has 0 spiro atoms. The van der Waals surface area contributed by atoms with Gasteiger partial charge in [0.15, 0.2) is 0 Å². The van der Waals surface area contributed by atoms with E-state index in [2.05, 4.69) is 15.3 Å². The Hall–Kier alpha value is -2.40. The van der Waals surface area contributed by atoms with Gasteiger partial charge >= 0.3 is 0 Å². The third kappa shape index (κ3) is 3.03. The Kier molecular flexibility index (Phi) is 3.83. The molecule has 1 aromatic heterocycles. The molecule has 5 nitrogen and oxygen atoms in total. The van der Waals surface area contributed by atoms with Crippen LogP contribution in [0.5, 0.6) is 0 Å². The lowest BCUT2D eigenvalue weighted by atomic mass is 9.98. The Bertz CT molecular complexity index is 632. The van der Waals surface area contributed by atoms with Gasteiger partial charge in [-0.2, -0.15) is 0 Å². The summed E-state index contributed by atoms with van der Waals surface area (Å²) in [4.78, 5) is 19.4. The van der Waals surface area contributed by atoms with Crippen molar-refractivity contribution in [3.63, 3.8) is 0 Å². The highest BCUT2D eigenvalue weighted by molar-refractivity contribution is 5.94. The second-order valence-corrected chi connectivity index (χ2v) is 5.11. The third-order valence-corrected chi connectivity index (χ3v) is 3.63. The lowest BCUT2D eigenvalue weighted by Gasteiger charge is -2.25.